The highest BCUT2D eigenvalue weighted by Crippen LogP contribution is 2.16. The van der Waals surface area contributed by atoms with Gasteiger partial charge < -0.3 is 10.1 Å². The van der Waals surface area contributed by atoms with Gasteiger partial charge in [-0.05, 0) is 36.8 Å². The van der Waals surface area contributed by atoms with E-state index in [4.69, 9.17) is 16.3 Å². The van der Waals surface area contributed by atoms with Gasteiger partial charge in [-0.1, -0.05) is 35.9 Å². The largest absolute Gasteiger partial charge is 0.452 e. The van der Waals surface area contributed by atoms with Crippen molar-refractivity contribution in [1.82, 2.24) is 5.32 Å². The summed E-state index contributed by atoms with van der Waals surface area (Å²) in [7, 11) is 0. The van der Waals surface area contributed by atoms with Crippen LogP contribution in [0.3, 0.4) is 0 Å². The molecule has 2 aromatic carbocycles. The third-order valence-electron chi connectivity index (χ3n) is 3.18. The van der Waals surface area contributed by atoms with Gasteiger partial charge in [0.1, 0.15) is 5.82 Å². The third-order valence-corrected chi connectivity index (χ3v) is 3.43. The Hall–Kier alpha value is -2.40. The van der Waals surface area contributed by atoms with Gasteiger partial charge in [-0.2, -0.15) is 0 Å². The van der Waals surface area contributed by atoms with Crippen LogP contribution in [0.25, 0.3) is 0 Å². The SMILES string of the molecule is C[C@H](NC(=O)COC(=O)c1ccccc1F)c1ccc(Cl)cc1. The van der Waals surface area contributed by atoms with Gasteiger partial charge >= 0.3 is 5.97 Å². The van der Waals surface area contributed by atoms with E-state index in [1.54, 1.807) is 31.2 Å². The Kier molecular flexibility index (Phi) is 5.71. The molecular formula is C17H15ClFNO3. The fraction of sp³-hybridized carbons (Fsp3) is 0.176. The molecule has 1 N–H and O–H groups in total. The van der Waals surface area contributed by atoms with Crippen molar-refractivity contribution in [2.75, 3.05) is 6.61 Å². The lowest BCUT2D eigenvalue weighted by Gasteiger charge is -2.14. The molecule has 1 atom stereocenters. The highest BCUT2D eigenvalue weighted by atomic mass is 35.5. The first-order chi connectivity index (χ1) is 11.0. The fourth-order valence-electron chi connectivity index (χ4n) is 1.95. The van der Waals surface area contributed by atoms with Crippen LogP contribution in [0, 0.1) is 5.82 Å². The Morgan fingerprint density at radius 3 is 2.48 bits per heavy atom. The van der Waals surface area contributed by atoms with Crippen molar-refractivity contribution < 1.29 is 18.7 Å². The molecule has 120 valence electrons. The average Bonchev–Trinajstić information content (AvgIpc) is 2.53. The Morgan fingerprint density at radius 1 is 1.17 bits per heavy atom. The first-order valence-corrected chi connectivity index (χ1v) is 7.31. The van der Waals surface area contributed by atoms with Crippen molar-refractivity contribution in [3.05, 3.63) is 70.5 Å². The van der Waals surface area contributed by atoms with Crippen molar-refractivity contribution in [2.45, 2.75) is 13.0 Å². The summed E-state index contributed by atoms with van der Waals surface area (Å²) < 4.78 is 18.2. The van der Waals surface area contributed by atoms with Crippen LogP contribution in [0.4, 0.5) is 4.39 Å². The summed E-state index contributed by atoms with van der Waals surface area (Å²) in [6.07, 6.45) is 0. The fourth-order valence-corrected chi connectivity index (χ4v) is 2.08. The first-order valence-electron chi connectivity index (χ1n) is 6.94. The molecule has 0 saturated heterocycles. The summed E-state index contributed by atoms with van der Waals surface area (Å²) in [5, 5.41) is 3.29. The molecule has 0 fully saturated rings. The second-order valence-electron chi connectivity index (χ2n) is 4.90. The van der Waals surface area contributed by atoms with Crippen LogP contribution in [-0.2, 0) is 9.53 Å². The minimum atomic E-state index is -0.877. The summed E-state index contributed by atoms with van der Waals surface area (Å²) in [4.78, 5) is 23.5. The second-order valence-corrected chi connectivity index (χ2v) is 5.33. The van der Waals surface area contributed by atoms with Crippen LogP contribution >= 0.6 is 11.6 Å². The number of hydrogen-bond donors (Lipinski definition) is 1. The van der Waals surface area contributed by atoms with E-state index in [1.165, 1.54) is 18.2 Å². The van der Waals surface area contributed by atoms with Crippen molar-refractivity contribution >= 4 is 23.5 Å². The second kappa shape index (κ2) is 7.74. The molecule has 0 bridgehead atoms. The van der Waals surface area contributed by atoms with E-state index in [-0.39, 0.29) is 11.6 Å². The van der Waals surface area contributed by atoms with Crippen molar-refractivity contribution in [2.24, 2.45) is 0 Å². The zero-order chi connectivity index (χ0) is 16.8. The van der Waals surface area contributed by atoms with Gasteiger partial charge in [0, 0.05) is 5.02 Å². The van der Waals surface area contributed by atoms with Crippen LogP contribution < -0.4 is 5.32 Å². The van der Waals surface area contributed by atoms with E-state index in [2.05, 4.69) is 5.32 Å². The summed E-state index contributed by atoms with van der Waals surface area (Å²) in [6.45, 7) is 1.31. The standard InChI is InChI=1S/C17H15ClFNO3/c1-11(12-6-8-13(18)9-7-12)20-16(21)10-23-17(22)14-4-2-3-5-15(14)19/h2-9,11H,10H2,1H3,(H,20,21)/t11-/m0/s1. The molecule has 2 aromatic rings. The lowest BCUT2D eigenvalue weighted by Crippen LogP contribution is -2.31. The van der Waals surface area contributed by atoms with Crippen LogP contribution in [-0.4, -0.2) is 18.5 Å². The number of rotatable bonds is 5. The molecule has 23 heavy (non-hydrogen) atoms. The summed E-state index contributed by atoms with van der Waals surface area (Å²) in [6, 6.07) is 12.2. The van der Waals surface area contributed by atoms with E-state index in [0.29, 0.717) is 5.02 Å². The Labute approximate surface area is 138 Å². The molecule has 0 saturated carbocycles. The molecule has 0 aromatic heterocycles. The molecule has 0 unspecified atom stereocenters. The number of nitrogens with one attached hydrogen (secondary N) is 1. The third kappa shape index (κ3) is 4.79. The van der Waals surface area contributed by atoms with Crippen molar-refractivity contribution in [3.63, 3.8) is 0 Å². The molecule has 0 aliphatic heterocycles. The number of amides is 1. The lowest BCUT2D eigenvalue weighted by molar-refractivity contribution is -0.124. The van der Waals surface area contributed by atoms with Gasteiger partial charge in [0.25, 0.3) is 5.91 Å². The quantitative estimate of drug-likeness (QED) is 0.851. The lowest BCUT2D eigenvalue weighted by atomic mass is 10.1. The van der Waals surface area contributed by atoms with Crippen LogP contribution in [0.5, 0.6) is 0 Å². The molecule has 2 rings (SSSR count). The molecule has 0 aliphatic carbocycles. The Balaban J connectivity index is 1.86. The highest BCUT2D eigenvalue weighted by Gasteiger charge is 2.15. The minimum Gasteiger partial charge on any atom is -0.452 e. The maximum Gasteiger partial charge on any atom is 0.341 e. The van der Waals surface area contributed by atoms with Gasteiger partial charge in [0.05, 0.1) is 11.6 Å². The number of halogens is 2. The Morgan fingerprint density at radius 2 is 1.83 bits per heavy atom. The smallest absolute Gasteiger partial charge is 0.341 e. The molecular weight excluding hydrogens is 321 g/mol. The highest BCUT2D eigenvalue weighted by molar-refractivity contribution is 6.30. The predicted molar refractivity (Wildman–Crippen MR) is 84.7 cm³/mol. The Bertz CT molecular complexity index is 703. The zero-order valence-corrected chi connectivity index (χ0v) is 13.1. The molecule has 0 radical (unpaired) electrons. The van der Waals surface area contributed by atoms with Crippen LogP contribution in [0.1, 0.15) is 28.9 Å². The summed E-state index contributed by atoms with van der Waals surface area (Å²) >= 11 is 5.80. The number of benzene rings is 2. The van der Waals surface area contributed by atoms with Gasteiger partial charge in [-0.25, -0.2) is 9.18 Å². The van der Waals surface area contributed by atoms with Crippen molar-refractivity contribution in [3.8, 4) is 0 Å². The molecule has 4 nitrogen and oxygen atoms in total. The van der Waals surface area contributed by atoms with Gasteiger partial charge in [0.15, 0.2) is 6.61 Å². The van der Waals surface area contributed by atoms with Gasteiger partial charge in [0.2, 0.25) is 0 Å². The van der Waals surface area contributed by atoms with E-state index < -0.39 is 24.3 Å². The molecule has 6 heteroatoms. The molecule has 0 heterocycles. The summed E-state index contributed by atoms with van der Waals surface area (Å²) in [5.74, 6) is -2.04. The number of carbonyl (C=O) groups is 2. The molecule has 1 amide bonds. The molecule has 0 spiro atoms. The van der Waals surface area contributed by atoms with Crippen molar-refractivity contribution in [1.29, 1.82) is 0 Å². The van der Waals surface area contributed by atoms with Gasteiger partial charge in [-0.15, -0.1) is 0 Å². The number of hydrogen-bond acceptors (Lipinski definition) is 3. The molecule has 0 aliphatic rings. The topological polar surface area (TPSA) is 55.4 Å². The monoisotopic (exact) mass is 335 g/mol. The summed E-state index contributed by atoms with van der Waals surface area (Å²) in [5.41, 5.74) is 0.661. The van der Waals surface area contributed by atoms with Crippen LogP contribution in [0.2, 0.25) is 5.02 Å². The minimum absolute atomic E-state index is 0.203. The normalized spacial score (nSPS) is 11.6. The average molecular weight is 336 g/mol. The van der Waals surface area contributed by atoms with Gasteiger partial charge in [-0.3, -0.25) is 4.79 Å². The number of carbonyl (C=O) groups excluding carboxylic acids is 2. The van der Waals surface area contributed by atoms with E-state index in [1.807, 2.05) is 0 Å². The predicted octanol–water partition coefficient (Wildman–Crippen LogP) is 3.51. The first kappa shape index (κ1) is 17.0. The van der Waals surface area contributed by atoms with Crippen LogP contribution in [0.15, 0.2) is 48.5 Å². The number of ether oxygens (including phenoxy) is 1. The maximum atomic E-state index is 13.4. The van der Waals surface area contributed by atoms with E-state index in [0.717, 1.165) is 11.6 Å². The number of esters is 1. The zero-order valence-electron chi connectivity index (χ0n) is 12.4. The van der Waals surface area contributed by atoms with E-state index >= 15 is 0 Å². The van der Waals surface area contributed by atoms with E-state index in [9.17, 15) is 14.0 Å². The maximum absolute atomic E-state index is 13.4.